The van der Waals surface area contributed by atoms with Gasteiger partial charge in [-0.25, -0.2) is 4.79 Å². The quantitative estimate of drug-likeness (QED) is 0.506. The van der Waals surface area contributed by atoms with Crippen LogP contribution < -0.4 is 21.3 Å². The Morgan fingerprint density at radius 3 is 2.24 bits per heavy atom. The van der Waals surface area contributed by atoms with Crippen LogP contribution >= 0.6 is 12.4 Å². The molecule has 0 bridgehead atoms. The molecule has 0 heterocycles. The minimum absolute atomic E-state index is 0. The maximum absolute atomic E-state index is 12.4. The lowest BCUT2D eigenvalue weighted by Crippen LogP contribution is -2.59. The van der Waals surface area contributed by atoms with Gasteiger partial charge in [-0.05, 0) is 32.7 Å². The highest BCUT2D eigenvalue weighted by Gasteiger charge is 2.42. The molecule has 0 radical (unpaired) electrons. The van der Waals surface area contributed by atoms with Gasteiger partial charge in [-0.15, -0.1) is 12.4 Å². The molecular weight excluding hydrogens is 292 g/mol. The monoisotopic (exact) mass is 320 g/mol. The van der Waals surface area contributed by atoms with Crippen LogP contribution in [0.4, 0.5) is 4.79 Å². The fourth-order valence-electron chi connectivity index (χ4n) is 2.54. The highest BCUT2D eigenvalue weighted by Crippen LogP contribution is 2.29. The topological polar surface area (TPSA) is 82.3 Å². The van der Waals surface area contributed by atoms with E-state index in [0.717, 1.165) is 45.2 Å². The standard InChI is InChI=1S/C14H28N4O2.ClH/c1-3-9-15-10-11-17-12(19)14(7-5-6-8-14)18-13(20)16-4-2;/h15H,3-11H2,1-2H3,(H,17,19)(H2,16,18,20);1H. The van der Waals surface area contributed by atoms with E-state index in [1.807, 2.05) is 6.92 Å². The van der Waals surface area contributed by atoms with E-state index in [4.69, 9.17) is 0 Å². The second kappa shape index (κ2) is 10.7. The highest BCUT2D eigenvalue weighted by atomic mass is 35.5. The van der Waals surface area contributed by atoms with E-state index < -0.39 is 5.54 Å². The molecule has 1 rings (SSSR count). The van der Waals surface area contributed by atoms with Crippen LogP contribution in [0.1, 0.15) is 46.0 Å². The van der Waals surface area contributed by atoms with Gasteiger partial charge >= 0.3 is 6.03 Å². The number of carbonyl (C=O) groups excluding carboxylic acids is 2. The zero-order chi connectivity index (χ0) is 14.8. The summed E-state index contributed by atoms with van der Waals surface area (Å²) in [6.07, 6.45) is 4.48. The summed E-state index contributed by atoms with van der Waals surface area (Å²) in [5, 5.41) is 11.7. The molecule has 6 nitrogen and oxygen atoms in total. The van der Waals surface area contributed by atoms with E-state index >= 15 is 0 Å². The second-order valence-electron chi connectivity index (χ2n) is 5.28. The Kier molecular flexibility index (Phi) is 10.2. The molecule has 21 heavy (non-hydrogen) atoms. The Morgan fingerprint density at radius 1 is 1.00 bits per heavy atom. The van der Waals surface area contributed by atoms with E-state index in [0.29, 0.717) is 13.1 Å². The lowest BCUT2D eigenvalue weighted by Gasteiger charge is -2.29. The number of carbonyl (C=O) groups is 2. The minimum Gasteiger partial charge on any atom is -0.353 e. The number of hydrogen-bond acceptors (Lipinski definition) is 3. The van der Waals surface area contributed by atoms with Crippen molar-refractivity contribution in [3.8, 4) is 0 Å². The summed E-state index contributed by atoms with van der Waals surface area (Å²) in [6, 6.07) is -0.256. The Morgan fingerprint density at radius 2 is 1.67 bits per heavy atom. The second-order valence-corrected chi connectivity index (χ2v) is 5.28. The first-order valence-electron chi connectivity index (χ1n) is 7.69. The average molecular weight is 321 g/mol. The third-order valence-corrected chi connectivity index (χ3v) is 3.60. The van der Waals surface area contributed by atoms with Crippen molar-refractivity contribution in [2.24, 2.45) is 0 Å². The van der Waals surface area contributed by atoms with E-state index in [1.165, 1.54) is 0 Å². The minimum atomic E-state index is -0.718. The van der Waals surface area contributed by atoms with Crippen LogP contribution in [0.2, 0.25) is 0 Å². The third-order valence-electron chi connectivity index (χ3n) is 3.60. The molecule has 1 saturated carbocycles. The van der Waals surface area contributed by atoms with Crippen molar-refractivity contribution in [2.75, 3.05) is 26.2 Å². The molecule has 0 atom stereocenters. The van der Waals surface area contributed by atoms with Crippen molar-refractivity contribution in [3.05, 3.63) is 0 Å². The lowest BCUT2D eigenvalue weighted by molar-refractivity contribution is -0.127. The van der Waals surface area contributed by atoms with Crippen molar-refractivity contribution in [3.63, 3.8) is 0 Å². The Labute approximate surface area is 133 Å². The van der Waals surface area contributed by atoms with Crippen molar-refractivity contribution >= 4 is 24.3 Å². The predicted molar refractivity (Wildman–Crippen MR) is 86.8 cm³/mol. The molecule has 1 fully saturated rings. The average Bonchev–Trinajstić information content (AvgIpc) is 2.88. The zero-order valence-electron chi connectivity index (χ0n) is 13.1. The van der Waals surface area contributed by atoms with Gasteiger partial charge in [0.05, 0.1) is 0 Å². The number of amides is 3. The van der Waals surface area contributed by atoms with Gasteiger partial charge in [-0.3, -0.25) is 4.79 Å². The fourth-order valence-corrected chi connectivity index (χ4v) is 2.54. The van der Waals surface area contributed by atoms with Crippen LogP contribution in [0.15, 0.2) is 0 Å². The fraction of sp³-hybridized carbons (Fsp3) is 0.857. The number of hydrogen-bond donors (Lipinski definition) is 4. The summed E-state index contributed by atoms with van der Waals surface area (Å²) < 4.78 is 0. The van der Waals surface area contributed by atoms with Crippen molar-refractivity contribution in [2.45, 2.75) is 51.5 Å². The molecule has 0 unspecified atom stereocenters. The lowest BCUT2D eigenvalue weighted by atomic mass is 9.96. The normalized spacial score (nSPS) is 15.9. The molecule has 0 saturated heterocycles. The van der Waals surface area contributed by atoms with Gasteiger partial charge in [-0.1, -0.05) is 19.8 Å². The molecule has 3 amide bonds. The van der Waals surface area contributed by atoms with Gasteiger partial charge in [0, 0.05) is 19.6 Å². The van der Waals surface area contributed by atoms with E-state index in [2.05, 4.69) is 28.2 Å². The van der Waals surface area contributed by atoms with Gasteiger partial charge in [0.15, 0.2) is 0 Å². The SMILES string of the molecule is CCCNCCNC(=O)C1(NC(=O)NCC)CCCC1.Cl. The van der Waals surface area contributed by atoms with Crippen LogP contribution in [0, 0.1) is 0 Å². The van der Waals surface area contributed by atoms with Gasteiger partial charge in [0.25, 0.3) is 0 Å². The largest absolute Gasteiger partial charge is 0.353 e. The smallest absolute Gasteiger partial charge is 0.315 e. The number of urea groups is 1. The van der Waals surface area contributed by atoms with Crippen molar-refractivity contribution in [1.82, 2.24) is 21.3 Å². The van der Waals surface area contributed by atoms with Crippen LogP contribution in [-0.4, -0.2) is 43.7 Å². The first kappa shape index (κ1) is 20.0. The van der Waals surface area contributed by atoms with Gasteiger partial charge in [0.1, 0.15) is 5.54 Å². The molecule has 0 aromatic heterocycles. The summed E-state index contributed by atoms with van der Waals surface area (Å²) in [4.78, 5) is 24.1. The highest BCUT2D eigenvalue weighted by molar-refractivity contribution is 5.91. The predicted octanol–water partition coefficient (Wildman–Crippen LogP) is 1.16. The summed E-state index contributed by atoms with van der Waals surface area (Å²) in [5.74, 6) is -0.0560. The van der Waals surface area contributed by atoms with E-state index in [1.54, 1.807) is 0 Å². The molecule has 1 aliphatic rings. The zero-order valence-corrected chi connectivity index (χ0v) is 13.9. The molecule has 124 valence electrons. The molecule has 0 aliphatic heterocycles. The molecular formula is C14H29ClN4O2. The number of rotatable bonds is 8. The van der Waals surface area contributed by atoms with Crippen molar-refractivity contribution < 1.29 is 9.59 Å². The van der Waals surface area contributed by atoms with E-state index in [-0.39, 0.29) is 24.3 Å². The maximum Gasteiger partial charge on any atom is 0.315 e. The maximum atomic E-state index is 12.4. The number of halogens is 1. The first-order valence-corrected chi connectivity index (χ1v) is 7.69. The van der Waals surface area contributed by atoms with Gasteiger partial charge < -0.3 is 21.3 Å². The van der Waals surface area contributed by atoms with Gasteiger partial charge in [-0.2, -0.15) is 0 Å². The summed E-state index contributed by atoms with van der Waals surface area (Å²) in [7, 11) is 0. The molecule has 0 aromatic rings. The Balaban J connectivity index is 0.00000400. The van der Waals surface area contributed by atoms with Crippen molar-refractivity contribution in [1.29, 1.82) is 0 Å². The molecule has 4 N–H and O–H groups in total. The van der Waals surface area contributed by atoms with Crippen LogP contribution in [-0.2, 0) is 4.79 Å². The summed E-state index contributed by atoms with van der Waals surface area (Å²) >= 11 is 0. The Bertz CT molecular complexity index is 320. The summed E-state index contributed by atoms with van der Waals surface area (Å²) in [5.41, 5.74) is -0.718. The van der Waals surface area contributed by atoms with Crippen LogP contribution in [0.5, 0.6) is 0 Å². The summed E-state index contributed by atoms with van der Waals surface area (Å²) in [6.45, 7) is 6.84. The molecule has 7 heteroatoms. The van der Waals surface area contributed by atoms with Crippen LogP contribution in [0.3, 0.4) is 0 Å². The van der Waals surface area contributed by atoms with Crippen LogP contribution in [0.25, 0.3) is 0 Å². The first-order chi connectivity index (χ1) is 9.64. The van der Waals surface area contributed by atoms with Gasteiger partial charge in [0.2, 0.25) is 5.91 Å². The molecule has 0 spiro atoms. The van der Waals surface area contributed by atoms with E-state index in [9.17, 15) is 9.59 Å². The molecule has 0 aromatic carbocycles. The third kappa shape index (κ3) is 6.52. The Hall–Kier alpha value is -1.01. The molecule has 1 aliphatic carbocycles. The number of nitrogens with one attached hydrogen (secondary N) is 4.